The smallest absolute Gasteiger partial charge is 0.337 e. The summed E-state index contributed by atoms with van der Waals surface area (Å²) in [5.41, 5.74) is -1.01. The summed E-state index contributed by atoms with van der Waals surface area (Å²) in [6, 6.07) is 0. The van der Waals surface area contributed by atoms with E-state index in [-0.39, 0.29) is 5.54 Å². The van der Waals surface area contributed by atoms with Crippen LogP contribution in [0.15, 0.2) is 0 Å². The van der Waals surface area contributed by atoms with Crippen LogP contribution in [0, 0.1) is 0 Å². The van der Waals surface area contributed by atoms with Crippen molar-refractivity contribution in [2.24, 2.45) is 0 Å². The van der Waals surface area contributed by atoms with E-state index >= 15 is 0 Å². The van der Waals surface area contributed by atoms with E-state index in [1.54, 1.807) is 0 Å². The van der Waals surface area contributed by atoms with E-state index in [4.69, 9.17) is 4.74 Å². The van der Waals surface area contributed by atoms with Crippen molar-refractivity contribution >= 4 is 5.97 Å². The van der Waals surface area contributed by atoms with Crippen LogP contribution in [0.25, 0.3) is 0 Å². The molecule has 4 nitrogen and oxygen atoms in total. The fourth-order valence-electron chi connectivity index (χ4n) is 2.02. The third-order valence-corrected chi connectivity index (χ3v) is 3.18. The molecule has 15 heavy (non-hydrogen) atoms. The van der Waals surface area contributed by atoms with Gasteiger partial charge in [-0.2, -0.15) is 0 Å². The van der Waals surface area contributed by atoms with Crippen molar-refractivity contribution < 1.29 is 14.6 Å². The lowest BCUT2D eigenvalue weighted by molar-refractivity contribution is -0.171. The topological polar surface area (TPSA) is 49.8 Å². The highest BCUT2D eigenvalue weighted by atomic mass is 16.5. The van der Waals surface area contributed by atoms with Crippen LogP contribution in [0.4, 0.5) is 0 Å². The zero-order valence-electron chi connectivity index (χ0n) is 10.0. The van der Waals surface area contributed by atoms with Gasteiger partial charge in [0.1, 0.15) is 0 Å². The fourth-order valence-corrected chi connectivity index (χ4v) is 2.02. The number of piperidine rings is 1. The van der Waals surface area contributed by atoms with Crippen molar-refractivity contribution in [3.8, 4) is 0 Å². The lowest BCUT2D eigenvalue weighted by atomic mass is 9.89. The zero-order chi connectivity index (χ0) is 11.7. The molecule has 0 saturated carbocycles. The van der Waals surface area contributed by atoms with E-state index in [1.807, 2.05) is 0 Å². The van der Waals surface area contributed by atoms with E-state index in [1.165, 1.54) is 7.11 Å². The summed E-state index contributed by atoms with van der Waals surface area (Å²) in [6.07, 6.45) is 1.48. The van der Waals surface area contributed by atoms with Gasteiger partial charge in [0.15, 0.2) is 5.60 Å². The summed E-state index contributed by atoms with van der Waals surface area (Å²) in [5.74, 6) is -0.848. The SMILES string of the molecule is COC1(C(=O)O)CCCN(C(C)(C)C)C1. The molecule has 0 aromatic carbocycles. The van der Waals surface area contributed by atoms with Crippen LogP contribution in [-0.2, 0) is 9.53 Å². The largest absolute Gasteiger partial charge is 0.479 e. The number of nitrogens with zero attached hydrogens (tertiary/aromatic N) is 1. The number of carbonyl (C=O) groups is 1. The van der Waals surface area contributed by atoms with Gasteiger partial charge in [-0.05, 0) is 40.2 Å². The van der Waals surface area contributed by atoms with Crippen molar-refractivity contribution in [2.75, 3.05) is 20.2 Å². The van der Waals surface area contributed by atoms with Gasteiger partial charge < -0.3 is 9.84 Å². The average Bonchev–Trinajstić information content (AvgIpc) is 2.16. The zero-order valence-corrected chi connectivity index (χ0v) is 10.0. The molecule has 0 aliphatic carbocycles. The van der Waals surface area contributed by atoms with Crippen molar-refractivity contribution in [3.05, 3.63) is 0 Å². The molecule has 1 fully saturated rings. The van der Waals surface area contributed by atoms with Gasteiger partial charge in [0, 0.05) is 19.2 Å². The van der Waals surface area contributed by atoms with Crippen LogP contribution in [0.2, 0.25) is 0 Å². The van der Waals surface area contributed by atoms with Crippen LogP contribution in [0.1, 0.15) is 33.6 Å². The molecule has 1 aliphatic rings. The second-order valence-electron chi connectivity index (χ2n) is 5.20. The number of ether oxygens (including phenoxy) is 1. The summed E-state index contributed by atoms with van der Waals surface area (Å²) in [6.45, 7) is 7.71. The maximum Gasteiger partial charge on any atom is 0.337 e. The standard InChI is InChI=1S/C11H21NO3/c1-10(2,3)12-7-5-6-11(8-12,15-4)9(13)14/h5-8H2,1-4H3,(H,13,14). The van der Waals surface area contributed by atoms with Gasteiger partial charge in [0.05, 0.1) is 0 Å². The molecule has 0 radical (unpaired) electrons. The van der Waals surface area contributed by atoms with Gasteiger partial charge in [-0.3, -0.25) is 4.90 Å². The highest BCUT2D eigenvalue weighted by Crippen LogP contribution is 2.29. The molecule has 88 valence electrons. The number of rotatable bonds is 2. The normalized spacial score (nSPS) is 29.1. The Morgan fingerprint density at radius 3 is 2.47 bits per heavy atom. The Bertz CT molecular complexity index is 247. The Kier molecular flexibility index (Phi) is 3.41. The number of methoxy groups -OCH3 is 1. The first-order valence-corrected chi connectivity index (χ1v) is 5.35. The van der Waals surface area contributed by atoms with Gasteiger partial charge in [-0.25, -0.2) is 4.79 Å². The van der Waals surface area contributed by atoms with E-state index in [0.717, 1.165) is 13.0 Å². The number of aliphatic carboxylic acids is 1. The van der Waals surface area contributed by atoms with Gasteiger partial charge in [-0.1, -0.05) is 0 Å². The molecule has 4 heteroatoms. The maximum absolute atomic E-state index is 11.2. The first-order chi connectivity index (χ1) is 6.82. The minimum atomic E-state index is -1.01. The molecular weight excluding hydrogens is 194 g/mol. The second kappa shape index (κ2) is 4.10. The van der Waals surface area contributed by atoms with E-state index in [2.05, 4.69) is 25.7 Å². The molecule has 0 amide bonds. The van der Waals surface area contributed by atoms with Gasteiger partial charge in [0.25, 0.3) is 0 Å². The first kappa shape index (κ1) is 12.5. The van der Waals surface area contributed by atoms with Gasteiger partial charge in [0.2, 0.25) is 0 Å². The number of carboxylic acids is 1. The Morgan fingerprint density at radius 1 is 1.47 bits per heavy atom. The second-order valence-corrected chi connectivity index (χ2v) is 5.20. The van der Waals surface area contributed by atoms with E-state index in [9.17, 15) is 9.90 Å². The molecule has 0 bridgehead atoms. The minimum absolute atomic E-state index is 0.000347. The van der Waals surface area contributed by atoms with E-state index < -0.39 is 11.6 Å². The third kappa shape index (κ3) is 2.49. The molecule has 0 aromatic rings. The van der Waals surface area contributed by atoms with Crippen molar-refractivity contribution in [3.63, 3.8) is 0 Å². The summed E-state index contributed by atoms with van der Waals surface area (Å²) in [5, 5.41) is 9.22. The minimum Gasteiger partial charge on any atom is -0.479 e. The van der Waals surface area contributed by atoms with Crippen LogP contribution < -0.4 is 0 Å². The quantitative estimate of drug-likeness (QED) is 0.755. The summed E-state index contributed by atoms with van der Waals surface area (Å²) in [4.78, 5) is 13.4. The number of hydrogen-bond donors (Lipinski definition) is 1. The first-order valence-electron chi connectivity index (χ1n) is 5.35. The van der Waals surface area contributed by atoms with Crippen LogP contribution in [0.3, 0.4) is 0 Å². The van der Waals surface area contributed by atoms with Crippen molar-refractivity contribution in [1.29, 1.82) is 0 Å². The molecule has 1 unspecified atom stereocenters. The molecule has 1 heterocycles. The van der Waals surface area contributed by atoms with Gasteiger partial charge in [-0.15, -0.1) is 0 Å². The number of likely N-dealkylation sites (tertiary alicyclic amines) is 1. The molecule has 1 saturated heterocycles. The molecule has 1 rings (SSSR count). The molecular formula is C11H21NO3. The van der Waals surface area contributed by atoms with Crippen LogP contribution in [0.5, 0.6) is 0 Å². The maximum atomic E-state index is 11.2. The average molecular weight is 215 g/mol. The molecule has 1 atom stereocenters. The predicted molar refractivity (Wildman–Crippen MR) is 57.9 cm³/mol. The fraction of sp³-hybridized carbons (Fsp3) is 0.909. The highest BCUT2D eigenvalue weighted by molar-refractivity contribution is 5.78. The van der Waals surface area contributed by atoms with Crippen molar-refractivity contribution in [2.45, 2.75) is 44.8 Å². The Morgan fingerprint density at radius 2 is 2.07 bits per heavy atom. The lowest BCUT2D eigenvalue weighted by Gasteiger charge is -2.45. The molecule has 0 aromatic heterocycles. The number of carboxylic acid groups (broad SMARTS) is 1. The molecule has 1 N–H and O–H groups in total. The molecule has 0 spiro atoms. The van der Waals surface area contributed by atoms with E-state index in [0.29, 0.717) is 13.0 Å². The summed E-state index contributed by atoms with van der Waals surface area (Å²) < 4.78 is 5.22. The lowest BCUT2D eigenvalue weighted by Crippen LogP contribution is -2.58. The van der Waals surface area contributed by atoms with Crippen molar-refractivity contribution in [1.82, 2.24) is 4.90 Å². The predicted octanol–water partition coefficient (Wildman–Crippen LogP) is 1.35. The Balaban J connectivity index is 2.82. The third-order valence-electron chi connectivity index (χ3n) is 3.18. The Labute approximate surface area is 91.2 Å². The Hall–Kier alpha value is -0.610. The summed E-state index contributed by atoms with van der Waals surface area (Å²) in [7, 11) is 1.49. The monoisotopic (exact) mass is 215 g/mol. The number of hydrogen-bond acceptors (Lipinski definition) is 3. The highest BCUT2D eigenvalue weighted by Gasteiger charge is 2.44. The van der Waals surface area contributed by atoms with Gasteiger partial charge >= 0.3 is 5.97 Å². The van der Waals surface area contributed by atoms with Crippen LogP contribution in [-0.4, -0.2) is 47.3 Å². The summed E-state index contributed by atoms with van der Waals surface area (Å²) >= 11 is 0. The van der Waals surface area contributed by atoms with Crippen LogP contribution >= 0.6 is 0 Å². The molecule has 1 aliphatic heterocycles.